The normalized spacial score (nSPS) is 44.9. The van der Waals surface area contributed by atoms with Crippen molar-refractivity contribution in [1.82, 2.24) is 4.90 Å². The SMILES string of the molecule is N#CC1CN2CCCC1C2. The van der Waals surface area contributed by atoms with E-state index < -0.39 is 0 Å². The van der Waals surface area contributed by atoms with Gasteiger partial charge in [0.25, 0.3) is 0 Å². The molecule has 0 amide bonds. The van der Waals surface area contributed by atoms with Crippen LogP contribution in [-0.2, 0) is 0 Å². The summed E-state index contributed by atoms with van der Waals surface area (Å²) < 4.78 is 0. The van der Waals surface area contributed by atoms with Crippen molar-refractivity contribution >= 4 is 0 Å². The molecule has 0 aliphatic carbocycles. The Kier molecular flexibility index (Phi) is 1.39. The van der Waals surface area contributed by atoms with Crippen LogP contribution in [0, 0.1) is 23.2 Å². The van der Waals surface area contributed by atoms with Gasteiger partial charge in [0.15, 0.2) is 0 Å². The summed E-state index contributed by atoms with van der Waals surface area (Å²) in [6.07, 6.45) is 2.59. The van der Waals surface area contributed by atoms with Crippen LogP contribution in [0.5, 0.6) is 0 Å². The Hall–Kier alpha value is -0.550. The summed E-state index contributed by atoms with van der Waals surface area (Å²) in [7, 11) is 0. The molecule has 0 radical (unpaired) electrons. The van der Waals surface area contributed by atoms with Gasteiger partial charge in [-0.1, -0.05) is 0 Å². The van der Waals surface area contributed by atoms with Crippen molar-refractivity contribution in [2.24, 2.45) is 11.8 Å². The predicted octanol–water partition coefficient (Wildman–Crippen LogP) is 0.852. The van der Waals surface area contributed by atoms with Crippen molar-refractivity contribution in [1.29, 1.82) is 5.26 Å². The highest BCUT2D eigenvalue weighted by molar-refractivity contribution is 4.98. The summed E-state index contributed by atoms with van der Waals surface area (Å²) >= 11 is 0. The minimum absolute atomic E-state index is 0.350. The van der Waals surface area contributed by atoms with Gasteiger partial charge in [-0.25, -0.2) is 0 Å². The van der Waals surface area contributed by atoms with Gasteiger partial charge in [0.2, 0.25) is 0 Å². The molecule has 0 aromatic heterocycles. The summed E-state index contributed by atoms with van der Waals surface area (Å²) in [5.41, 5.74) is 0. The lowest BCUT2D eigenvalue weighted by Gasteiger charge is -2.20. The lowest BCUT2D eigenvalue weighted by atomic mass is 9.92. The van der Waals surface area contributed by atoms with Crippen LogP contribution in [0.25, 0.3) is 0 Å². The minimum Gasteiger partial charge on any atom is -0.302 e. The van der Waals surface area contributed by atoms with Crippen molar-refractivity contribution in [3.8, 4) is 6.07 Å². The molecule has 3 unspecified atom stereocenters. The molecule has 54 valence electrons. The van der Waals surface area contributed by atoms with Gasteiger partial charge in [-0.3, -0.25) is 0 Å². The Balaban J connectivity index is 2.10. The average Bonchev–Trinajstić information content (AvgIpc) is 2.26. The van der Waals surface area contributed by atoms with Crippen LogP contribution >= 0.6 is 0 Å². The molecule has 2 aliphatic rings. The van der Waals surface area contributed by atoms with E-state index in [0.29, 0.717) is 11.8 Å². The number of rotatable bonds is 0. The third-order valence-electron chi connectivity index (χ3n) is 2.73. The Morgan fingerprint density at radius 3 is 3.00 bits per heavy atom. The highest BCUT2D eigenvalue weighted by Crippen LogP contribution is 2.30. The summed E-state index contributed by atoms with van der Waals surface area (Å²) in [5, 5.41) is 8.74. The second-order valence-electron chi connectivity index (χ2n) is 3.40. The Morgan fingerprint density at radius 1 is 1.40 bits per heavy atom. The van der Waals surface area contributed by atoms with E-state index in [-0.39, 0.29) is 0 Å². The molecule has 2 saturated heterocycles. The van der Waals surface area contributed by atoms with E-state index in [1.165, 1.54) is 25.9 Å². The third kappa shape index (κ3) is 0.819. The molecule has 2 heterocycles. The van der Waals surface area contributed by atoms with Gasteiger partial charge in [-0.15, -0.1) is 0 Å². The highest BCUT2D eigenvalue weighted by atomic mass is 15.2. The van der Waals surface area contributed by atoms with Gasteiger partial charge in [0.1, 0.15) is 0 Å². The van der Waals surface area contributed by atoms with Crippen LogP contribution in [0.4, 0.5) is 0 Å². The smallest absolute Gasteiger partial charge is 0.0672 e. The molecule has 0 aromatic rings. The van der Waals surface area contributed by atoms with Crippen molar-refractivity contribution in [2.75, 3.05) is 19.6 Å². The number of nitrogens with zero attached hydrogens (tertiary/aromatic N) is 2. The Morgan fingerprint density at radius 2 is 2.30 bits per heavy atom. The first-order valence-electron chi connectivity index (χ1n) is 4.02. The molecule has 0 spiro atoms. The van der Waals surface area contributed by atoms with Crippen molar-refractivity contribution in [2.45, 2.75) is 12.8 Å². The first-order chi connectivity index (χ1) is 4.90. The maximum absolute atomic E-state index is 8.74. The molecule has 3 atom stereocenters. The van der Waals surface area contributed by atoms with Gasteiger partial charge in [-0.05, 0) is 25.3 Å². The zero-order valence-corrected chi connectivity index (χ0v) is 6.08. The monoisotopic (exact) mass is 136 g/mol. The van der Waals surface area contributed by atoms with Crippen LogP contribution in [0.2, 0.25) is 0 Å². The van der Waals surface area contributed by atoms with Crippen LogP contribution < -0.4 is 0 Å². The number of nitriles is 1. The molecular weight excluding hydrogens is 124 g/mol. The topological polar surface area (TPSA) is 27.0 Å². The number of hydrogen-bond donors (Lipinski definition) is 0. The molecule has 2 heteroatoms. The molecule has 0 N–H and O–H groups in total. The Bertz CT molecular complexity index is 171. The Labute approximate surface area is 61.4 Å². The number of hydrogen-bond acceptors (Lipinski definition) is 2. The van der Waals surface area contributed by atoms with E-state index in [9.17, 15) is 0 Å². The quantitative estimate of drug-likeness (QED) is 0.493. The summed E-state index contributed by atoms with van der Waals surface area (Å²) in [4.78, 5) is 2.42. The first-order valence-corrected chi connectivity index (χ1v) is 4.02. The largest absolute Gasteiger partial charge is 0.302 e. The fourth-order valence-electron chi connectivity index (χ4n) is 2.16. The summed E-state index contributed by atoms with van der Waals surface area (Å²) in [5.74, 6) is 1.06. The van der Waals surface area contributed by atoms with Crippen molar-refractivity contribution in [3.63, 3.8) is 0 Å². The van der Waals surface area contributed by atoms with Crippen LogP contribution in [0.3, 0.4) is 0 Å². The summed E-state index contributed by atoms with van der Waals surface area (Å²) in [6, 6.07) is 2.39. The third-order valence-corrected chi connectivity index (χ3v) is 2.73. The fraction of sp³-hybridized carbons (Fsp3) is 0.875. The van der Waals surface area contributed by atoms with Gasteiger partial charge in [0, 0.05) is 13.1 Å². The molecule has 0 aromatic carbocycles. The van der Waals surface area contributed by atoms with E-state index in [1.807, 2.05) is 0 Å². The van der Waals surface area contributed by atoms with Crippen molar-refractivity contribution < 1.29 is 0 Å². The summed E-state index contributed by atoms with van der Waals surface area (Å²) in [6.45, 7) is 3.47. The van der Waals surface area contributed by atoms with Gasteiger partial charge in [0.05, 0.1) is 12.0 Å². The standard InChI is InChI=1S/C8H12N2/c9-4-8-6-10-3-1-2-7(8)5-10/h7-8H,1-3,5-6H2. The van der Waals surface area contributed by atoms with Crippen LogP contribution in [0.1, 0.15) is 12.8 Å². The zero-order chi connectivity index (χ0) is 6.97. The molecule has 2 nitrogen and oxygen atoms in total. The van der Waals surface area contributed by atoms with Crippen LogP contribution in [0.15, 0.2) is 0 Å². The molecule has 2 fully saturated rings. The van der Waals surface area contributed by atoms with Gasteiger partial charge in [-0.2, -0.15) is 5.26 Å². The van der Waals surface area contributed by atoms with Gasteiger partial charge >= 0.3 is 0 Å². The molecule has 2 rings (SSSR count). The van der Waals surface area contributed by atoms with Crippen LogP contribution in [-0.4, -0.2) is 24.5 Å². The van der Waals surface area contributed by atoms with E-state index in [4.69, 9.17) is 5.26 Å². The van der Waals surface area contributed by atoms with E-state index >= 15 is 0 Å². The molecule has 0 saturated carbocycles. The highest BCUT2D eigenvalue weighted by Gasteiger charge is 2.34. The average molecular weight is 136 g/mol. The van der Waals surface area contributed by atoms with Gasteiger partial charge < -0.3 is 4.90 Å². The second kappa shape index (κ2) is 2.25. The molecule has 2 bridgehead atoms. The number of fused-ring (bicyclic) bond motifs is 2. The predicted molar refractivity (Wildman–Crippen MR) is 38.3 cm³/mol. The lowest BCUT2D eigenvalue weighted by Crippen LogP contribution is -2.25. The molecular formula is C8H12N2. The molecule has 2 aliphatic heterocycles. The number of piperidine rings is 1. The maximum Gasteiger partial charge on any atom is 0.0672 e. The molecule has 10 heavy (non-hydrogen) atoms. The zero-order valence-electron chi connectivity index (χ0n) is 6.08. The lowest BCUT2D eigenvalue weighted by molar-refractivity contribution is 0.269. The maximum atomic E-state index is 8.74. The van der Waals surface area contributed by atoms with Crippen molar-refractivity contribution in [3.05, 3.63) is 0 Å². The minimum atomic E-state index is 0.350. The van der Waals surface area contributed by atoms with E-state index in [2.05, 4.69) is 11.0 Å². The second-order valence-corrected chi connectivity index (χ2v) is 3.40. The fourth-order valence-corrected chi connectivity index (χ4v) is 2.16. The van der Waals surface area contributed by atoms with E-state index in [0.717, 1.165) is 6.54 Å². The first kappa shape index (κ1) is 6.18. The van der Waals surface area contributed by atoms with E-state index in [1.54, 1.807) is 0 Å².